The Balaban J connectivity index is 1.63. The van der Waals surface area contributed by atoms with Crippen LogP contribution in [0, 0.1) is 12.8 Å². The number of aryl methyl sites for hydroxylation is 1. The third-order valence-corrected chi connectivity index (χ3v) is 6.19. The maximum absolute atomic E-state index is 13.6. The molecule has 0 bridgehead atoms. The van der Waals surface area contributed by atoms with Crippen molar-refractivity contribution >= 4 is 39.1 Å². The van der Waals surface area contributed by atoms with Gasteiger partial charge in [-0.3, -0.25) is 14.4 Å². The van der Waals surface area contributed by atoms with Crippen LogP contribution in [0.2, 0.25) is 0 Å². The molecule has 2 aliphatic rings. The number of phenols is 1. The molecule has 2 heterocycles. The Labute approximate surface area is 187 Å². The average molecular weight is 479 g/mol. The predicted octanol–water partition coefficient (Wildman–Crippen LogP) is 4.51. The van der Waals surface area contributed by atoms with Gasteiger partial charge in [0.1, 0.15) is 11.7 Å². The van der Waals surface area contributed by atoms with Gasteiger partial charge in [-0.05, 0) is 55.0 Å². The summed E-state index contributed by atoms with van der Waals surface area (Å²) in [6.45, 7) is 1.91. The fourth-order valence-corrected chi connectivity index (χ4v) is 4.69. The topological polar surface area (TPSA) is 70.1 Å². The van der Waals surface area contributed by atoms with E-state index in [0.29, 0.717) is 16.9 Å². The molecule has 7 heteroatoms. The molecule has 3 aromatic carbocycles. The molecule has 0 radical (unpaired) electrons. The van der Waals surface area contributed by atoms with Crippen molar-refractivity contribution < 1.29 is 19.5 Å². The molecule has 2 amide bonds. The molecule has 2 aliphatic heterocycles. The van der Waals surface area contributed by atoms with Gasteiger partial charge < -0.3 is 5.11 Å². The van der Waals surface area contributed by atoms with E-state index in [-0.39, 0.29) is 11.7 Å². The molecule has 5 rings (SSSR count). The van der Waals surface area contributed by atoms with E-state index in [1.807, 2.05) is 49.4 Å². The number of para-hydroxylation sites is 1. The zero-order valence-corrected chi connectivity index (χ0v) is 18.2. The number of hydrogen-bond acceptors (Lipinski definition) is 5. The van der Waals surface area contributed by atoms with Gasteiger partial charge in [0.2, 0.25) is 5.91 Å². The first-order chi connectivity index (χ1) is 15.0. The second kappa shape index (κ2) is 7.51. The van der Waals surface area contributed by atoms with Gasteiger partial charge in [0, 0.05) is 10.0 Å². The molecule has 0 unspecified atom stereocenters. The molecule has 0 saturated carbocycles. The number of benzene rings is 3. The lowest BCUT2D eigenvalue weighted by Crippen LogP contribution is -2.37. The SMILES string of the molecule is Cc1cccc(N2C(=O)[C@H]3[C@H](ON(c4ccccc4)[C@@H]3c3cc(Br)ccc3O)C2=O)c1. The maximum atomic E-state index is 13.6. The second-order valence-corrected chi connectivity index (χ2v) is 8.63. The Hall–Kier alpha value is -3.16. The number of imide groups is 1. The average Bonchev–Trinajstić information content (AvgIpc) is 3.26. The normalized spacial score (nSPS) is 22.8. The molecule has 0 aromatic heterocycles. The van der Waals surface area contributed by atoms with Crippen molar-refractivity contribution in [2.45, 2.75) is 19.1 Å². The van der Waals surface area contributed by atoms with Crippen molar-refractivity contribution in [1.29, 1.82) is 0 Å². The number of phenolic OH excluding ortho intramolecular Hbond substituents is 1. The zero-order chi connectivity index (χ0) is 21.7. The minimum absolute atomic E-state index is 0.0348. The predicted molar refractivity (Wildman–Crippen MR) is 120 cm³/mol. The second-order valence-electron chi connectivity index (χ2n) is 7.71. The summed E-state index contributed by atoms with van der Waals surface area (Å²) in [5.41, 5.74) is 2.68. The van der Waals surface area contributed by atoms with E-state index in [0.717, 1.165) is 10.0 Å². The van der Waals surface area contributed by atoms with Crippen LogP contribution >= 0.6 is 15.9 Å². The Morgan fingerprint density at radius 2 is 1.65 bits per heavy atom. The standard InChI is InChI=1S/C24H19BrN2O4/c1-14-6-5-9-17(12-14)26-23(29)20-21(18-13-15(25)10-11-19(18)28)27(31-22(20)24(26)30)16-7-3-2-4-8-16/h2-13,20-22,28H,1H3/t20-,21-,22+/m1/s1. The van der Waals surface area contributed by atoms with Crippen LogP contribution in [0.15, 0.2) is 77.3 Å². The molecule has 6 nitrogen and oxygen atoms in total. The number of hydrogen-bond donors (Lipinski definition) is 1. The highest BCUT2D eigenvalue weighted by atomic mass is 79.9. The molecule has 31 heavy (non-hydrogen) atoms. The molecule has 3 aromatic rings. The number of carbonyl (C=O) groups is 2. The van der Waals surface area contributed by atoms with Crippen molar-refractivity contribution in [2.75, 3.05) is 9.96 Å². The molecule has 0 spiro atoms. The maximum Gasteiger partial charge on any atom is 0.266 e. The highest BCUT2D eigenvalue weighted by Gasteiger charge is 2.60. The van der Waals surface area contributed by atoms with Gasteiger partial charge in [-0.15, -0.1) is 0 Å². The smallest absolute Gasteiger partial charge is 0.266 e. The lowest BCUT2D eigenvalue weighted by Gasteiger charge is -2.29. The number of rotatable bonds is 3. The summed E-state index contributed by atoms with van der Waals surface area (Å²) in [6.07, 6.45) is -0.975. The number of halogens is 1. The summed E-state index contributed by atoms with van der Waals surface area (Å²) < 4.78 is 0.754. The number of hydroxylamine groups is 1. The molecule has 2 fully saturated rings. The summed E-state index contributed by atoms with van der Waals surface area (Å²) >= 11 is 3.44. The molecular formula is C24H19BrN2O4. The van der Waals surface area contributed by atoms with E-state index < -0.39 is 24.0 Å². The first kappa shape index (κ1) is 19.8. The molecular weight excluding hydrogens is 460 g/mol. The van der Waals surface area contributed by atoms with Crippen molar-refractivity contribution in [3.05, 3.63) is 88.4 Å². The molecule has 2 saturated heterocycles. The van der Waals surface area contributed by atoms with Crippen molar-refractivity contribution in [3.8, 4) is 5.75 Å². The van der Waals surface area contributed by atoms with E-state index in [4.69, 9.17) is 4.84 Å². The first-order valence-electron chi connectivity index (χ1n) is 9.89. The lowest BCUT2D eigenvalue weighted by molar-refractivity contribution is -0.126. The van der Waals surface area contributed by atoms with E-state index in [2.05, 4.69) is 15.9 Å². The summed E-state index contributed by atoms with van der Waals surface area (Å²) in [6, 6.07) is 20.9. The van der Waals surface area contributed by atoms with Gasteiger partial charge in [-0.2, -0.15) is 0 Å². The Morgan fingerprint density at radius 1 is 0.903 bits per heavy atom. The number of amides is 2. The van der Waals surface area contributed by atoms with Gasteiger partial charge in [0.15, 0.2) is 6.10 Å². The summed E-state index contributed by atoms with van der Waals surface area (Å²) in [7, 11) is 0. The lowest BCUT2D eigenvalue weighted by atomic mass is 9.90. The van der Waals surface area contributed by atoms with E-state index in [1.54, 1.807) is 35.4 Å². The highest BCUT2D eigenvalue weighted by molar-refractivity contribution is 9.10. The Morgan fingerprint density at radius 3 is 2.39 bits per heavy atom. The largest absolute Gasteiger partial charge is 0.508 e. The minimum atomic E-state index is -0.975. The number of nitrogens with zero attached hydrogens (tertiary/aromatic N) is 2. The van der Waals surface area contributed by atoms with Gasteiger partial charge in [-0.1, -0.05) is 46.3 Å². The quantitative estimate of drug-likeness (QED) is 0.560. The number of aromatic hydroxyl groups is 1. The molecule has 156 valence electrons. The van der Waals surface area contributed by atoms with Crippen LogP contribution in [0.3, 0.4) is 0 Å². The number of fused-ring (bicyclic) bond motifs is 1. The third kappa shape index (κ3) is 3.21. The van der Waals surface area contributed by atoms with E-state index in [9.17, 15) is 14.7 Å². The highest BCUT2D eigenvalue weighted by Crippen LogP contribution is 2.49. The fraction of sp³-hybridized carbons (Fsp3) is 0.167. The van der Waals surface area contributed by atoms with Crippen LogP contribution in [0.1, 0.15) is 17.2 Å². The van der Waals surface area contributed by atoms with Gasteiger partial charge >= 0.3 is 0 Å². The van der Waals surface area contributed by atoms with E-state index in [1.165, 1.54) is 4.90 Å². The summed E-state index contributed by atoms with van der Waals surface area (Å²) in [5, 5.41) is 12.2. The van der Waals surface area contributed by atoms with E-state index >= 15 is 0 Å². The van der Waals surface area contributed by atoms with Gasteiger partial charge in [0.25, 0.3) is 5.91 Å². The van der Waals surface area contributed by atoms with Crippen LogP contribution in [0.4, 0.5) is 11.4 Å². The van der Waals surface area contributed by atoms with Gasteiger partial charge in [-0.25, -0.2) is 9.96 Å². The molecule has 1 N–H and O–H groups in total. The van der Waals surface area contributed by atoms with Crippen molar-refractivity contribution in [1.82, 2.24) is 0 Å². The Kier molecular flexibility index (Phi) is 4.79. The monoisotopic (exact) mass is 478 g/mol. The van der Waals surface area contributed by atoms with Crippen LogP contribution < -0.4 is 9.96 Å². The van der Waals surface area contributed by atoms with Crippen LogP contribution in [-0.4, -0.2) is 23.0 Å². The number of carbonyl (C=O) groups excluding carboxylic acids is 2. The van der Waals surface area contributed by atoms with Crippen molar-refractivity contribution in [2.24, 2.45) is 5.92 Å². The van der Waals surface area contributed by atoms with Crippen LogP contribution in [0.5, 0.6) is 5.75 Å². The molecule has 3 atom stereocenters. The third-order valence-electron chi connectivity index (χ3n) is 5.69. The fourth-order valence-electron chi connectivity index (χ4n) is 4.31. The summed E-state index contributed by atoms with van der Waals surface area (Å²) in [4.78, 5) is 34.2. The summed E-state index contributed by atoms with van der Waals surface area (Å²) in [5.74, 6) is -1.51. The zero-order valence-electron chi connectivity index (χ0n) is 16.6. The molecule has 0 aliphatic carbocycles. The van der Waals surface area contributed by atoms with Gasteiger partial charge in [0.05, 0.1) is 17.4 Å². The minimum Gasteiger partial charge on any atom is -0.508 e. The van der Waals surface area contributed by atoms with Crippen molar-refractivity contribution in [3.63, 3.8) is 0 Å². The first-order valence-corrected chi connectivity index (χ1v) is 10.7. The number of anilines is 2. The van der Waals surface area contributed by atoms with Crippen LogP contribution in [-0.2, 0) is 14.4 Å². The van der Waals surface area contributed by atoms with Crippen LogP contribution in [0.25, 0.3) is 0 Å². The Bertz CT molecular complexity index is 1180.